The number of nitrogens with two attached hydrogens (primary N) is 1. The second kappa shape index (κ2) is 7.04. The van der Waals surface area contributed by atoms with Crippen LogP contribution in [0.5, 0.6) is 0 Å². The van der Waals surface area contributed by atoms with Crippen LogP contribution in [-0.2, 0) is 4.74 Å². The van der Waals surface area contributed by atoms with E-state index in [9.17, 15) is 17.6 Å². The van der Waals surface area contributed by atoms with Crippen LogP contribution in [-0.4, -0.2) is 41.9 Å². The number of nitrogen functional groups attached to an aromatic ring is 1. The van der Waals surface area contributed by atoms with Crippen molar-refractivity contribution in [2.45, 2.75) is 22.2 Å². The third kappa shape index (κ3) is 4.51. The second-order valence-corrected chi connectivity index (χ2v) is 6.42. The summed E-state index contributed by atoms with van der Waals surface area (Å²) in [6, 6.07) is 7.33. The SMILES string of the molecule is Nc1nc(Sc2ccc(F)cc2)cc(N2CCOC(C(F)(F)F)C2)n1. The van der Waals surface area contributed by atoms with Crippen molar-refractivity contribution in [2.24, 2.45) is 0 Å². The molecule has 134 valence electrons. The highest BCUT2D eigenvalue weighted by molar-refractivity contribution is 7.99. The summed E-state index contributed by atoms with van der Waals surface area (Å²) >= 11 is 1.22. The third-order valence-electron chi connectivity index (χ3n) is 3.50. The molecular formula is C15H14F4N4OS. The molecule has 0 radical (unpaired) electrons. The fraction of sp³-hybridized carbons (Fsp3) is 0.333. The Morgan fingerprint density at radius 3 is 2.60 bits per heavy atom. The highest BCUT2D eigenvalue weighted by atomic mass is 32.2. The lowest BCUT2D eigenvalue weighted by molar-refractivity contribution is -0.221. The average Bonchev–Trinajstić information content (AvgIpc) is 2.56. The Labute approximate surface area is 145 Å². The predicted molar refractivity (Wildman–Crippen MR) is 85.0 cm³/mol. The van der Waals surface area contributed by atoms with Crippen molar-refractivity contribution in [1.29, 1.82) is 0 Å². The summed E-state index contributed by atoms with van der Waals surface area (Å²) in [4.78, 5) is 10.3. The van der Waals surface area contributed by atoms with E-state index in [2.05, 4.69) is 9.97 Å². The van der Waals surface area contributed by atoms with Crippen LogP contribution < -0.4 is 10.6 Å². The molecule has 1 unspecified atom stereocenters. The molecule has 0 spiro atoms. The Bertz CT molecular complexity index is 741. The summed E-state index contributed by atoms with van der Waals surface area (Å²) in [5, 5.41) is 0.462. The van der Waals surface area contributed by atoms with Crippen molar-refractivity contribution in [1.82, 2.24) is 9.97 Å². The number of halogens is 4. The average molecular weight is 374 g/mol. The topological polar surface area (TPSA) is 64.3 Å². The van der Waals surface area contributed by atoms with Gasteiger partial charge < -0.3 is 15.4 Å². The largest absolute Gasteiger partial charge is 0.416 e. The van der Waals surface area contributed by atoms with Crippen LogP contribution in [0.1, 0.15) is 0 Å². The summed E-state index contributed by atoms with van der Waals surface area (Å²) in [6.45, 7) is -0.154. The Morgan fingerprint density at radius 1 is 1.20 bits per heavy atom. The van der Waals surface area contributed by atoms with Crippen LogP contribution in [0.4, 0.5) is 29.3 Å². The third-order valence-corrected chi connectivity index (χ3v) is 4.42. The van der Waals surface area contributed by atoms with E-state index in [1.165, 1.54) is 28.8 Å². The minimum atomic E-state index is -4.44. The summed E-state index contributed by atoms with van der Waals surface area (Å²) in [7, 11) is 0. The van der Waals surface area contributed by atoms with Crippen molar-refractivity contribution in [3.63, 3.8) is 0 Å². The van der Waals surface area contributed by atoms with E-state index in [0.29, 0.717) is 10.8 Å². The Morgan fingerprint density at radius 2 is 1.92 bits per heavy atom. The molecule has 0 bridgehead atoms. The number of nitrogens with zero attached hydrogens (tertiary/aromatic N) is 3. The first-order valence-electron chi connectivity index (χ1n) is 7.32. The first kappa shape index (κ1) is 17.7. The van der Waals surface area contributed by atoms with Crippen LogP contribution in [0.2, 0.25) is 0 Å². The number of hydrogen-bond acceptors (Lipinski definition) is 6. The fourth-order valence-electron chi connectivity index (χ4n) is 2.32. The van der Waals surface area contributed by atoms with E-state index in [0.717, 1.165) is 4.90 Å². The van der Waals surface area contributed by atoms with Gasteiger partial charge in [-0.1, -0.05) is 11.8 Å². The maximum absolute atomic E-state index is 13.0. The standard InChI is InChI=1S/C15H14F4N4OS/c16-9-1-3-10(4-2-9)25-13-7-12(21-14(20)22-13)23-5-6-24-11(8-23)15(17,18)19/h1-4,7,11H,5-6,8H2,(H2,20,21,22). The molecule has 25 heavy (non-hydrogen) atoms. The van der Waals surface area contributed by atoms with Gasteiger partial charge in [0, 0.05) is 17.5 Å². The number of ether oxygens (including phenoxy) is 1. The Kier molecular flexibility index (Phi) is 5.00. The molecule has 1 atom stereocenters. The first-order valence-corrected chi connectivity index (χ1v) is 8.14. The molecule has 1 saturated heterocycles. The maximum atomic E-state index is 13.0. The Balaban J connectivity index is 1.80. The summed E-state index contributed by atoms with van der Waals surface area (Å²) in [5.41, 5.74) is 5.69. The zero-order valence-corrected chi connectivity index (χ0v) is 13.6. The van der Waals surface area contributed by atoms with Crippen molar-refractivity contribution in [3.05, 3.63) is 36.1 Å². The molecule has 2 aromatic rings. The lowest BCUT2D eigenvalue weighted by Gasteiger charge is -2.34. The fourth-order valence-corrected chi connectivity index (χ4v) is 3.14. The van der Waals surface area contributed by atoms with Crippen molar-refractivity contribution < 1.29 is 22.3 Å². The highest BCUT2D eigenvalue weighted by Crippen LogP contribution is 2.31. The van der Waals surface area contributed by atoms with E-state index < -0.39 is 12.3 Å². The molecule has 5 nitrogen and oxygen atoms in total. The number of rotatable bonds is 3. The summed E-state index contributed by atoms with van der Waals surface area (Å²) in [5.74, 6) is -0.106. The molecule has 1 aliphatic rings. The molecule has 3 rings (SSSR count). The van der Waals surface area contributed by atoms with Crippen LogP contribution in [0.25, 0.3) is 0 Å². The van der Waals surface area contributed by atoms with Gasteiger partial charge in [-0.3, -0.25) is 0 Å². The van der Waals surface area contributed by atoms with Gasteiger partial charge in [0.15, 0.2) is 6.10 Å². The molecule has 1 aromatic carbocycles. The van der Waals surface area contributed by atoms with Crippen molar-refractivity contribution in [2.75, 3.05) is 30.3 Å². The first-order chi connectivity index (χ1) is 11.8. The van der Waals surface area contributed by atoms with Gasteiger partial charge in [-0.05, 0) is 24.3 Å². The quantitative estimate of drug-likeness (QED) is 0.658. The van der Waals surface area contributed by atoms with E-state index in [-0.39, 0.29) is 31.5 Å². The van der Waals surface area contributed by atoms with Gasteiger partial charge in [0.05, 0.1) is 13.2 Å². The molecule has 1 fully saturated rings. The lowest BCUT2D eigenvalue weighted by atomic mass is 10.2. The van der Waals surface area contributed by atoms with Gasteiger partial charge in [-0.2, -0.15) is 18.2 Å². The molecule has 0 aliphatic carbocycles. The zero-order chi connectivity index (χ0) is 18.0. The molecule has 1 aromatic heterocycles. The molecule has 0 amide bonds. The number of alkyl halides is 3. The number of aromatic nitrogens is 2. The zero-order valence-electron chi connectivity index (χ0n) is 12.8. The van der Waals surface area contributed by atoms with Gasteiger partial charge in [-0.15, -0.1) is 0 Å². The summed E-state index contributed by atoms with van der Waals surface area (Å²) in [6.07, 6.45) is -6.31. The molecular weight excluding hydrogens is 360 g/mol. The van der Waals surface area contributed by atoms with Gasteiger partial charge in [0.25, 0.3) is 0 Å². The molecule has 2 heterocycles. The number of benzene rings is 1. The van der Waals surface area contributed by atoms with Crippen LogP contribution in [0, 0.1) is 5.82 Å². The molecule has 2 N–H and O–H groups in total. The monoisotopic (exact) mass is 374 g/mol. The van der Waals surface area contributed by atoms with Crippen molar-refractivity contribution >= 4 is 23.5 Å². The van der Waals surface area contributed by atoms with Gasteiger partial charge in [0.1, 0.15) is 16.7 Å². The minimum absolute atomic E-state index is 0.0443. The smallest absolute Gasteiger partial charge is 0.368 e. The van der Waals surface area contributed by atoms with Gasteiger partial charge in [-0.25, -0.2) is 9.37 Å². The van der Waals surface area contributed by atoms with Crippen molar-refractivity contribution in [3.8, 4) is 0 Å². The maximum Gasteiger partial charge on any atom is 0.416 e. The van der Waals surface area contributed by atoms with Crippen LogP contribution in [0.3, 0.4) is 0 Å². The normalized spacial score (nSPS) is 18.4. The number of morpholine rings is 1. The predicted octanol–water partition coefficient (Wildman–Crippen LogP) is 3.12. The number of hydrogen-bond donors (Lipinski definition) is 1. The number of anilines is 2. The van der Waals surface area contributed by atoms with Crippen LogP contribution in [0.15, 0.2) is 40.3 Å². The van der Waals surface area contributed by atoms with Crippen LogP contribution >= 0.6 is 11.8 Å². The molecule has 1 aliphatic heterocycles. The molecule has 0 saturated carbocycles. The van der Waals surface area contributed by atoms with E-state index in [1.807, 2.05) is 0 Å². The minimum Gasteiger partial charge on any atom is -0.368 e. The Hall–Kier alpha value is -2.07. The van der Waals surface area contributed by atoms with E-state index in [4.69, 9.17) is 10.5 Å². The van der Waals surface area contributed by atoms with E-state index >= 15 is 0 Å². The lowest BCUT2D eigenvalue weighted by Crippen LogP contribution is -2.49. The second-order valence-electron chi connectivity index (χ2n) is 5.33. The summed E-state index contributed by atoms with van der Waals surface area (Å²) < 4.78 is 56.3. The van der Waals surface area contributed by atoms with Gasteiger partial charge >= 0.3 is 6.18 Å². The highest BCUT2D eigenvalue weighted by Gasteiger charge is 2.43. The molecule has 10 heteroatoms. The van der Waals surface area contributed by atoms with E-state index in [1.54, 1.807) is 18.2 Å². The van der Waals surface area contributed by atoms with Gasteiger partial charge in [0.2, 0.25) is 5.95 Å².